The topological polar surface area (TPSA) is 118 Å². The molecule has 2 rings (SSSR count). The van der Waals surface area contributed by atoms with Gasteiger partial charge in [0.1, 0.15) is 5.69 Å². The molecule has 3 amide bonds. The van der Waals surface area contributed by atoms with Crippen LogP contribution in [-0.4, -0.2) is 60.1 Å². The van der Waals surface area contributed by atoms with E-state index in [2.05, 4.69) is 10.3 Å². The average molecular weight is 337 g/mol. The highest BCUT2D eigenvalue weighted by molar-refractivity contribution is 6.00. The number of esters is 2. The summed E-state index contributed by atoms with van der Waals surface area (Å²) in [4.78, 5) is 51.0. The first kappa shape index (κ1) is 17.5. The molecular formula is C15H19N3O6. The van der Waals surface area contributed by atoms with Crippen molar-refractivity contribution in [3.8, 4) is 0 Å². The van der Waals surface area contributed by atoms with E-state index >= 15 is 0 Å². The van der Waals surface area contributed by atoms with Gasteiger partial charge < -0.3 is 19.8 Å². The van der Waals surface area contributed by atoms with Crippen LogP contribution in [0.3, 0.4) is 0 Å². The molecule has 0 unspecified atom stereocenters. The molecule has 1 aliphatic rings. The molecule has 1 saturated heterocycles. The molecule has 9 heteroatoms. The van der Waals surface area contributed by atoms with E-state index in [-0.39, 0.29) is 24.4 Å². The summed E-state index contributed by atoms with van der Waals surface area (Å²) < 4.78 is 9.89. The van der Waals surface area contributed by atoms with Crippen molar-refractivity contribution in [2.24, 2.45) is 0 Å². The molecule has 1 aliphatic heterocycles. The monoisotopic (exact) mass is 337 g/mol. The summed E-state index contributed by atoms with van der Waals surface area (Å²) in [5, 5.41) is 2.49. The Morgan fingerprint density at radius 2 is 1.88 bits per heavy atom. The Balaban J connectivity index is 2.06. The molecule has 0 spiro atoms. The second-order valence-electron chi connectivity index (χ2n) is 5.20. The van der Waals surface area contributed by atoms with Gasteiger partial charge >= 0.3 is 18.0 Å². The molecule has 9 nitrogen and oxygen atoms in total. The first-order chi connectivity index (χ1) is 11.4. The smallest absolute Gasteiger partial charge is 0.355 e. The van der Waals surface area contributed by atoms with E-state index in [0.717, 1.165) is 4.90 Å². The molecule has 2 heterocycles. The first-order valence-electron chi connectivity index (χ1n) is 7.48. The van der Waals surface area contributed by atoms with E-state index in [0.29, 0.717) is 17.8 Å². The number of urea groups is 1. The maximum absolute atomic E-state index is 12.2. The second kappa shape index (κ2) is 7.16. The summed E-state index contributed by atoms with van der Waals surface area (Å²) in [6.45, 7) is 5.15. The molecular weight excluding hydrogens is 318 g/mol. The number of ether oxygens (including phenoxy) is 2. The Labute approximate surface area is 138 Å². The number of rotatable bonds is 5. The fourth-order valence-electron chi connectivity index (χ4n) is 2.45. The van der Waals surface area contributed by atoms with Crippen molar-refractivity contribution in [3.63, 3.8) is 0 Å². The van der Waals surface area contributed by atoms with Gasteiger partial charge in [-0.3, -0.25) is 9.69 Å². The lowest BCUT2D eigenvalue weighted by atomic mass is 10.1. The lowest BCUT2D eigenvalue weighted by Gasteiger charge is -2.12. The number of hydrogen-bond donors (Lipinski definition) is 2. The van der Waals surface area contributed by atoms with Crippen LogP contribution in [0.15, 0.2) is 0 Å². The molecule has 1 fully saturated rings. The first-order valence-corrected chi connectivity index (χ1v) is 7.48. The third-order valence-corrected chi connectivity index (χ3v) is 3.61. The van der Waals surface area contributed by atoms with Crippen LogP contribution in [0, 0.1) is 13.8 Å². The maximum atomic E-state index is 12.2. The van der Waals surface area contributed by atoms with Gasteiger partial charge in [-0.15, -0.1) is 0 Å². The zero-order valence-electron chi connectivity index (χ0n) is 13.7. The number of imide groups is 1. The number of aryl methyl sites for hydroxylation is 1. The van der Waals surface area contributed by atoms with Gasteiger partial charge in [-0.2, -0.15) is 0 Å². The zero-order valence-corrected chi connectivity index (χ0v) is 13.7. The van der Waals surface area contributed by atoms with Crippen molar-refractivity contribution < 1.29 is 28.7 Å². The molecule has 0 radical (unpaired) electrons. The molecule has 1 aromatic rings. The minimum atomic E-state index is -0.746. The highest BCUT2D eigenvalue weighted by atomic mass is 16.5. The van der Waals surface area contributed by atoms with E-state index in [1.54, 1.807) is 20.8 Å². The third-order valence-electron chi connectivity index (χ3n) is 3.61. The van der Waals surface area contributed by atoms with Crippen LogP contribution >= 0.6 is 0 Å². The van der Waals surface area contributed by atoms with Crippen molar-refractivity contribution in [1.82, 2.24) is 15.2 Å². The summed E-state index contributed by atoms with van der Waals surface area (Å²) in [6.07, 6.45) is 0. The number of nitrogens with one attached hydrogen (secondary N) is 2. The number of H-pyrrole nitrogens is 1. The van der Waals surface area contributed by atoms with E-state index < -0.39 is 30.5 Å². The number of carbonyl (C=O) groups excluding carboxylic acids is 4. The molecule has 1 aromatic heterocycles. The van der Waals surface area contributed by atoms with Crippen LogP contribution < -0.4 is 5.32 Å². The molecule has 2 N–H and O–H groups in total. The fraction of sp³-hybridized carbons (Fsp3) is 0.467. The van der Waals surface area contributed by atoms with E-state index in [4.69, 9.17) is 9.47 Å². The van der Waals surface area contributed by atoms with Crippen molar-refractivity contribution in [2.45, 2.75) is 20.8 Å². The Hall–Kier alpha value is -2.84. The molecule has 0 atom stereocenters. The normalized spacial score (nSPS) is 13.6. The SMILES string of the molecule is CCOC(=O)c1[nH]c(C)c(C(=O)OCC(=O)N2CCNC2=O)c1C. The van der Waals surface area contributed by atoms with E-state index in [9.17, 15) is 19.2 Å². The molecule has 0 aliphatic carbocycles. The third kappa shape index (κ3) is 3.39. The summed E-state index contributed by atoms with van der Waals surface area (Å²) in [5.74, 6) is -1.92. The van der Waals surface area contributed by atoms with Crippen LogP contribution in [0.2, 0.25) is 0 Å². The van der Waals surface area contributed by atoms with E-state index in [1.165, 1.54) is 0 Å². The Kier molecular flexibility index (Phi) is 5.22. The lowest BCUT2D eigenvalue weighted by molar-refractivity contribution is -0.130. The van der Waals surface area contributed by atoms with Crippen LogP contribution in [0.25, 0.3) is 0 Å². The van der Waals surface area contributed by atoms with Crippen LogP contribution in [0.1, 0.15) is 39.0 Å². The average Bonchev–Trinajstić information content (AvgIpc) is 3.08. The van der Waals surface area contributed by atoms with Gasteiger partial charge in [0, 0.05) is 18.8 Å². The van der Waals surface area contributed by atoms with Gasteiger partial charge in [0.25, 0.3) is 5.91 Å². The molecule has 0 saturated carbocycles. The summed E-state index contributed by atoms with van der Waals surface area (Å²) >= 11 is 0. The Morgan fingerprint density at radius 3 is 2.46 bits per heavy atom. The Bertz CT molecular complexity index is 694. The summed E-state index contributed by atoms with van der Waals surface area (Å²) in [5.41, 5.74) is 1.18. The van der Waals surface area contributed by atoms with Crippen molar-refractivity contribution >= 4 is 23.9 Å². The number of hydrogen-bond acceptors (Lipinski definition) is 6. The van der Waals surface area contributed by atoms with Gasteiger partial charge in [0.05, 0.1) is 12.2 Å². The summed E-state index contributed by atoms with van der Waals surface area (Å²) in [6, 6.07) is -0.505. The van der Waals surface area contributed by atoms with Crippen LogP contribution in [-0.2, 0) is 14.3 Å². The molecule has 130 valence electrons. The zero-order chi connectivity index (χ0) is 17.9. The fourth-order valence-corrected chi connectivity index (χ4v) is 2.45. The number of aromatic amines is 1. The lowest BCUT2D eigenvalue weighted by Crippen LogP contribution is -2.37. The predicted octanol–water partition coefficient (Wildman–Crippen LogP) is 0.517. The molecule has 0 bridgehead atoms. The van der Waals surface area contributed by atoms with Crippen LogP contribution in [0.5, 0.6) is 0 Å². The predicted molar refractivity (Wildman–Crippen MR) is 81.6 cm³/mol. The van der Waals surface area contributed by atoms with Gasteiger partial charge in [0.15, 0.2) is 6.61 Å². The van der Waals surface area contributed by atoms with Crippen LogP contribution in [0.4, 0.5) is 4.79 Å². The van der Waals surface area contributed by atoms with Gasteiger partial charge in [-0.05, 0) is 26.3 Å². The highest BCUT2D eigenvalue weighted by Gasteiger charge is 2.28. The quantitative estimate of drug-likeness (QED) is 0.756. The molecule has 24 heavy (non-hydrogen) atoms. The number of aromatic nitrogens is 1. The van der Waals surface area contributed by atoms with E-state index in [1.807, 2.05) is 0 Å². The molecule has 0 aromatic carbocycles. The van der Waals surface area contributed by atoms with Crippen molar-refractivity contribution in [2.75, 3.05) is 26.3 Å². The highest BCUT2D eigenvalue weighted by Crippen LogP contribution is 2.20. The van der Waals surface area contributed by atoms with Crippen molar-refractivity contribution in [3.05, 3.63) is 22.5 Å². The minimum absolute atomic E-state index is 0.173. The number of carbonyl (C=O) groups is 4. The maximum Gasteiger partial charge on any atom is 0.355 e. The summed E-state index contributed by atoms with van der Waals surface area (Å²) in [7, 11) is 0. The Morgan fingerprint density at radius 1 is 1.17 bits per heavy atom. The standard InChI is InChI=1S/C15H19N3O6/c1-4-23-14(21)12-8(2)11(9(3)17-12)13(20)24-7-10(19)18-6-5-16-15(18)22/h17H,4-7H2,1-3H3,(H,16,22). The largest absolute Gasteiger partial charge is 0.461 e. The van der Waals surface area contributed by atoms with Gasteiger partial charge in [-0.25, -0.2) is 14.4 Å². The number of nitrogens with zero attached hydrogens (tertiary/aromatic N) is 1. The van der Waals surface area contributed by atoms with Gasteiger partial charge in [0.2, 0.25) is 0 Å². The second-order valence-corrected chi connectivity index (χ2v) is 5.20. The minimum Gasteiger partial charge on any atom is -0.461 e. The number of amides is 3. The van der Waals surface area contributed by atoms with Gasteiger partial charge in [-0.1, -0.05) is 0 Å². The van der Waals surface area contributed by atoms with Crippen molar-refractivity contribution in [1.29, 1.82) is 0 Å².